The van der Waals surface area contributed by atoms with Gasteiger partial charge in [-0.25, -0.2) is 8.42 Å². The van der Waals surface area contributed by atoms with Crippen LogP contribution in [0, 0.1) is 0 Å². The summed E-state index contributed by atoms with van der Waals surface area (Å²) in [5.74, 6) is 0.853. The van der Waals surface area contributed by atoms with E-state index >= 15 is 0 Å². The molecule has 0 spiro atoms. The maximum Gasteiger partial charge on any atom is 0.191 e. The molecule has 0 heterocycles. The van der Waals surface area contributed by atoms with Crippen LogP contribution in [0.15, 0.2) is 29.3 Å². The number of nitrogens with one attached hydrogen (secondary N) is 2. The van der Waals surface area contributed by atoms with Crippen molar-refractivity contribution in [3.05, 3.63) is 35.4 Å². The van der Waals surface area contributed by atoms with Crippen LogP contribution >= 0.6 is 0 Å². The Balaban J connectivity index is 2.55. The standard InChI is InChI=1S/C19H33N3O2S/c1-7-19(3,4)17-10-8-16(9-11-17)14-21-18(20-5)22-15(2)12-13-25(6,23)24/h8-11,15H,7,12-14H2,1-6H3,(H2,20,21,22). The molecule has 1 aromatic carbocycles. The monoisotopic (exact) mass is 367 g/mol. The summed E-state index contributed by atoms with van der Waals surface area (Å²) in [4.78, 5) is 4.20. The third-order valence-corrected chi connectivity index (χ3v) is 5.58. The van der Waals surface area contributed by atoms with Crippen LogP contribution in [-0.4, -0.2) is 39.5 Å². The molecule has 0 aliphatic carbocycles. The average Bonchev–Trinajstić information content (AvgIpc) is 2.56. The van der Waals surface area contributed by atoms with Crippen molar-refractivity contribution in [2.75, 3.05) is 19.1 Å². The van der Waals surface area contributed by atoms with Gasteiger partial charge in [-0.15, -0.1) is 0 Å². The van der Waals surface area contributed by atoms with Crippen LogP contribution < -0.4 is 10.6 Å². The molecular weight excluding hydrogens is 334 g/mol. The molecule has 0 fully saturated rings. The van der Waals surface area contributed by atoms with Gasteiger partial charge in [0.15, 0.2) is 5.96 Å². The minimum absolute atomic E-state index is 0.0358. The van der Waals surface area contributed by atoms with Crippen molar-refractivity contribution in [2.45, 2.75) is 58.5 Å². The molecule has 0 amide bonds. The Morgan fingerprint density at radius 1 is 1.24 bits per heavy atom. The molecule has 0 saturated heterocycles. The highest BCUT2D eigenvalue weighted by molar-refractivity contribution is 7.90. The fourth-order valence-corrected chi connectivity index (χ4v) is 3.14. The first kappa shape index (κ1) is 21.5. The Hall–Kier alpha value is -1.56. The smallest absolute Gasteiger partial charge is 0.191 e. The van der Waals surface area contributed by atoms with E-state index in [1.165, 1.54) is 17.4 Å². The maximum atomic E-state index is 11.2. The Kier molecular flexibility index (Phi) is 7.93. The van der Waals surface area contributed by atoms with Gasteiger partial charge >= 0.3 is 0 Å². The summed E-state index contributed by atoms with van der Waals surface area (Å²) >= 11 is 0. The van der Waals surface area contributed by atoms with Gasteiger partial charge in [-0.2, -0.15) is 0 Å². The number of hydrogen-bond acceptors (Lipinski definition) is 3. The van der Waals surface area contributed by atoms with Crippen LogP contribution in [0.3, 0.4) is 0 Å². The average molecular weight is 368 g/mol. The lowest BCUT2D eigenvalue weighted by Crippen LogP contribution is -2.42. The first-order valence-corrected chi connectivity index (χ1v) is 10.9. The lowest BCUT2D eigenvalue weighted by Gasteiger charge is -2.23. The quantitative estimate of drug-likeness (QED) is 0.547. The number of benzene rings is 1. The molecule has 0 radical (unpaired) electrons. The van der Waals surface area contributed by atoms with Crippen molar-refractivity contribution >= 4 is 15.8 Å². The predicted molar refractivity (Wildman–Crippen MR) is 107 cm³/mol. The van der Waals surface area contributed by atoms with Crippen LogP contribution in [0.1, 0.15) is 51.7 Å². The SMILES string of the molecule is CCC(C)(C)c1ccc(CNC(=NC)NC(C)CCS(C)(=O)=O)cc1. The Labute approximate surface area is 153 Å². The number of aliphatic imine (C=N–C) groups is 1. The lowest BCUT2D eigenvalue weighted by molar-refractivity contribution is 0.506. The van der Waals surface area contributed by atoms with E-state index in [4.69, 9.17) is 0 Å². The molecule has 25 heavy (non-hydrogen) atoms. The van der Waals surface area contributed by atoms with Crippen LogP contribution in [0.2, 0.25) is 0 Å². The fourth-order valence-electron chi connectivity index (χ4n) is 2.35. The second kappa shape index (κ2) is 9.22. The largest absolute Gasteiger partial charge is 0.354 e. The Morgan fingerprint density at radius 2 is 1.84 bits per heavy atom. The molecule has 0 aliphatic heterocycles. The van der Waals surface area contributed by atoms with Crippen LogP contribution in [0.4, 0.5) is 0 Å². The molecule has 2 N–H and O–H groups in total. The zero-order valence-electron chi connectivity index (χ0n) is 16.4. The molecule has 5 nitrogen and oxygen atoms in total. The summed E-state index contributed by atoms with van der Waals surface area (Å²) in [7, 11) is -1.22. The van der Waals surface area contributed by atoms with Gasteiger partial charge in [0.25, 0.3) is 0 Å². The van der Waals surface area contributed by atoms with Gasteiger partial charge in [0.05, 0.1) is 5.75 Å². The van der Waals surface area contributed by atoms with Crippen LogP contribution in [0.25, 0.3) is 0 Å². The predicted octanol–water partition coefficient (Wildman–Crippen LogP) is 2.86. The first-order chi connectivity index (χ1) is 11.6. The molecule has 0 bridgehead atoms. The van der Waals surface area contributed by atoms with Gasteiger partial charge in [0, 0.05) is 25.9 Å². The second-order valence-electron chi connectivity index (χ2n) is 7.32. The van der Waals surface area contributed by atoms with Crippen molar-refractivity contribution in [2.24, 2.45) is 4.99 Å². The van der Waals surface area contributed by atoms with Gasteiger partial charge in [-0.05, 0) is 36.3 Å². The van der Waals surface area contributed by atoms with E-state index in [-0.39, 0.29) is 17.2 Å². The molecular formula is C19H33N3O2S. The summed E-state index contributed by atoms with van der Waals surface area (Å²) in [6.45, 7) is 9.34. The van der Waals surface area contributed by atoms with E-state index in [1.54, 1.807) is 7.05 Å². The minimum Gasteiger partial charge on any atom is -0.354 e. The fraction of sp³-hybridized carbons (Fsp3) is 0.632. The van der Waals surface area contributed by atoms with Gasteiger partial charge in [0.1, 0.15) is 9.84 Å². The van der Waals surface area contributed by atoms with E-state index in [0.29, 0.717) is 18.9 Å². The second-order valence-corrected chi connectivity index (χ2v) is 9.58. The lowest BCUT2D eigenvalue weighted by atomic mass is 9.82. The Bertz CT molecular complexity index is 664. The van der Waals surface area contributed by atoms with Gasteiger partial charge in [0.2, 0.25) is 0 Å². The maximum absolute atomic E-state index is 11.2. The summed E-state index contributed by atoms with van der Waals surface area (Å²) in [5.41, 5.74) is 2.72. The summed E-state index contributed by atoms with van der Waals surface area (Å²) in [5, 5.41) is 6.50. The van der Waals surface area contributed by atoms with Crippen LogP contribution in [0.5, 0.6) is 0 Å². The molecule has 1 atom stereocenters. The van der Waals surface area contributed by atoms with Crippen molar-refractivity contribution in [1.82, 2.24) is 10.6 Å². The summed E-state index contributed by atoms with van der Waals surface area (Å²) in [6, 6.07) is 8.69. The van der Waals surface area contributed by atoms with Crippen molar-refractivity contribution in [1.29, 1.82) is 0 Å². The summed E-state index contributed by atoms with van der Waals surface area (Å²) in [6.07, 6.45) is 2.92. The highest BCUT2D eigenvalue weighted by Crippen LogP contribution is 2.26. The minimum atomic E-state index is -2.94. The van der Waals surface area contributed by atoms with E-state index in [1.807, 2.05) is 6.92 Å². The number of rotatable bonds is 8. The highest BCUT2D eigenvalue weighted by atomic mass is 32.2. The van der Waals surface area contributed by atoms with Gasteiger partial charge < -0.3 is 10.6 Å². The molecule has 0 saturated carbocycles. The van der Waals surface area contributed by atoms with Crippen molar-refractivity contribution in [3.63, 3.8) is 0 Å². The molecule has 6 heteroatoms. The van der Waals surface area contributed by atoms with Crippen molar-refractivity contribution in [3.8, 4) is 0 Å². The third kappa shape index (κ3) is 7.90. The molecule has 0 aliphatic rings. The number of hydrogen-bond donors (Lipinski definition) is 2. The number of guanidine groups is 1. The number of nitrogens with zero attached hydrogens (tertiary/aromatic N) is 1. The molecule has 1 rings (SSSR count). The highest BCUT2D eigenvalue weighted by Gasteiger charge is 2.17. The topological polar surface area (TPSA) is 70.6 Å². The zero-order valence-corrected chi connectivity index (χ0v) is 17.2. The first-order valence-electron chi connectivity index (χ1n) is 8.81. The molecule has 1 aromatic rings. The zero-order chi connectivity index (χ0) is 19.1. The molecule has 0 aromatic heterocycles. The van der Waals surface area contributed by atoms with E-state index in [9.17, 15) is 8.42 Å². The number of sulfone groups is 1. The molecule has 1 unspecified atom stereocenters. The van der Waals surface area contributed by atoms with Gasteiger partial charge in [-0.3, -0.25) is 4.99 Å². The van der Waals surface area contributed by atoms with E-state index in [0.717, 1.165) is 6.42 Å². The van der Waals surface area contributed by atoms with Crippen LogP contribution in [-0.2, 0) is 21.8 Å². The summed E-state index contributed by atoms with van der Waals surface area (Å²) < 4.78 is 22.5. The normalized spacial score (nSPS) is 14.2. The Morgan fingerprint density at radius 3 is 2.32 bits per heavy atom. The van der Waals surface area contributed by atoms with Gasteiger partial charge in [-0.1, -0.05) is 45.0 Å². The van der Waals surface area contributed by atoms with Crippen molar-refractivity contribution < 1.29 is 8.42 Å². The third-order valence-electron chi connectivity index (χ3n) is 4.61. The van der Waals surface area contributed by atoms with E-state index < -0.39 is 9.84 Å². The van der Waals surface area contributed by atoms with E-state index in [2.05, 4.69) is 60.7 Å². The molecule has 142 valence electrons.